The Hall–Kier alpha value is -2.42. The lowest BCUT2D eigenvalue weighted by atomic mass is 9.65. The summed E-state index contributed by atoms with van der Waals surface area (Å²) >= 11 is 6.35. The van der Waals surface area contributed by atoms with Gasteiger partial charge in [0.1, 0.15) is 12.0 Å². The highest BCUT2D eigenvalue weighted by Gasteiger charge is 2.45. The SMILES string of the molecule is CCCCC(C(=O)O)C1CCC1CN1CC2(CCCc3cc(Cl)ccc32)COc2ccc(C=O)cc21.CNS(=O)C(C)C. The Labute approximate surface area is 264 Å². The second kappa shape index (κ2) is 15.0. The van der Waals surface area contributed by atoms with Crippen LogP contribution in [0.1, 0.15) is 87.2 Å². The monoisotopic (exact) mass is 630 g/mol. The smallest absolute Gasteiger partial charge is 0.306 e. The van der Waals surface area contributed by atoms with Gasteiger partial charge in [-0.25, -0.2) is 8.93 Å². The Kier molecular flexibility index (Phi) is 11.7. The minimum Gasteiger partial charge on any atom is -0.490 e. The van der Waals surface area contributed by atoms with Crippen molar-refractivity contribution in [3.05, 3.63) is 58.1 Å². The number of ether oxygens (including phenoxy) is 1. The van der Waals surface area contributed by atoms with Crippen LogP contribution in [0.5, 0.6) is 5.75 Å². The van der Waals surface area contributed by atoms with E-state index in [4.69, 9.17) is 16.3 Å². The number of unbranched alkanes of at least 4 members (excludes halogenated alkanes) is 1. The lowest BCUT2D eigenvalue weighted by Crippen LogP contribution is -2.49. The van der Waals surface area contributed by atoms with Gasteiger partial charge in [0.05, 0.1) is 29.2 Å². The first-order valence-corrected chi connectivity index (χ1v) is 17.3. The number of carboxylic acids is 1. The lowest BCUT2D eigenvalue weighted by Gasteiger charge is -2.46. The number of rotatable bonds is 10. The fourth-order valence-corrected chi connectivity index (χ4v) is 7.69. The number of fused-ring (bicyclic) bond motifs is 3. The summed E-state index contributed by atoms with van der Waals surface area (Å²) < 4.78 is 19.6. The molecule has 0 radical (unpaired) electrons. The van der Waals surface area contributed by atoms with Gasteiger partial charge < -0.3 is 14.7 Å². The van der Waals surface area contributed by atoms with Gasteiger partial charge in [-0.05, 0) is 113 Å². The number of carboxylic acid groups (broad SMARTS) is 1. The summed E-state index contributed by atoms with van der Waals surface area (Å²) in [6.07, 6.45) is 8.73. The van der Waals surface area contributed by atoms with Gasteiger partial charge in [-0.2, -0.15) is 0 Å². The molecular weight excluding hydrogens is 584 g/mol. The predicted octanol–water partition coefficient (Wildman–Crippen LogP) is 6.82. The van der Waals surface area contributed by atoms with Crippen LogP contribution in [0.15, 0.2) is 36.4 Å². The average molecular weight is 631 g/mol. The molecule has 1 heterocycles. The molecule has 2 aliphatic carbocycles. The Balaban J connectivity index is 0.000000541. The van der Waals surface area contributed by atoms with Gasteiger partial charge in [-0.1, -0.05) is 37.4 Å². The number of hydrogen-bond acceptors (Lipinski definition) is 5. The standard InChI is InChI=1S/C30H36ClNO4.C4H11NOS/c1-2-3-6-25(29(34)35)24-10-8-22(24)16-32-18-30(13-4-5-21-15-23(31)9-11-26(21)30)19-36-28-12-7-20(17-33)14-27(28)32;1-4(2)7(6)5-3/h7,9,11-12,14-15,17,22,24-25H,2-6,8,10,13,16,18-19H2,1H3,(H,34,35);4-5H,1-3H3. The van der Waals surface area contributed by atoms with E-state index >= 15 is 0 Å². The molecular formula is C34H47ClN2O5S. The number of benzene rings is 2. The predicted molar refractivity (Wildman–Crippen MR) is 175 cm³/mol. The molecule has 9 heteroatoms. The number of carbonyl (C=O) groups is 2. The minimum absolute atomic E-state index is 0.174. The molecule has 3 aliphatic rings. The zero-order valence-electron chi connectivity index (χ0n) is 25.9. The van der Waals surface area contributed by atoms with Crippen LogP contribution in [-0.4, -0.2) is 53.6 Å². The molecule has 0 amide bonds. The summed E-state index contributed by atoms with van der Waals surface area (Å²) in [5, 5.41) is 11.0. The third-order valence-corrected chi connectivity index (χ3v) is 11.0. The van der Waals surface area contributed by atoms with Crippen LogP contribution in [0.4, 0.5) is 5.69 Å². The van der Waals surface area contributed by atoms with Crippen LogP contribution in [-0.2, 0) is 27.6 Å². The van der Waals surface area contributed by atoms with Gasteiger partial charge in [0.25, 0.3) is 0 Å². The topological polar surface area (TPSA) is 95.9 Å². The van der Waals surface area contributed by atoms with Crippen LogP contribution >= 0.6 is 11.6 Å². The van der Waals surface area contributed by atoms with E-state index in [1.54, 1.807) is 7.05 Å². The molecule has 2 aromatic rings. The van der Waals surface area contributed by atoms with Gasteiger partial charge in [-0.15, -0.1) is 0 Å². The molecule has 7 nitrogen and oxygen atoms in total. The van der Waals surface area contributed by atoms with Crippen molar-refractivity contribution in [1.82, 2.24) is 4.72 Å². The van der Waals surface area contributed by atoms with Crippen molar-refractivity contribution >= 4 is 40.5 Å². The van der Waals surface area contributed by atoms with Gasteiger partial charge >= 0.3 is 5.97 Å². The van der Waals surface area contributed by atoms with Crippen LogP contribution in [0, 0.1) is 17.8 Å². The van der Waals surface area contributed by atoms with E-state index in [9.17, 15) is 18.9 Å². The van der Waals surface area contributed by atoms with E-state index in [2.05, 4.69) is 28.7 Å². The number of halogens is 1. The van der Waals surface area contributed by atoms with Crippen molar-refractivity contribution in [2.24, 2.45) is 17.8 Å². The number of nitrogens with one attached hydrogen (secondary N) is 1. The van der Waals surface area contributed by atoms with Crippen molar-refractivity contribution in [2.45, 2.75) is 82.8 Å². The Morgan fingerprint density at radius 3 is 2.65 bits per heavy atom. The maximum absolute atomic E-state index is 12.1. The molecule has 236 valence electrons. The van der Waals surface area contributed by atoms with Gasteiger partial charge in [0.15, 0.2) is 0 Å². The highest BCUT2D eigenvalue weighted by molar-refractivity contribution is 7.83. The molecule has 2 aromatic carbocycles. The number of anilines is 1. The summed E-state index contributed by atoms with van der Waals surface area (Å²) in [5.41, 5.74) is 4.01. The number of aldehydes is 1. The molecule has 1 saturated carbocycles. The molecule has 0 bridgehead atoms. The lowest BCUT2D eigenvalue weighted by molar-refractivity contribution is -0.146. The van der Waals surface area contributed by atoms with Gasteiger partial charge in [0, 0.05) is 34.3 Å². The van der Waals surface area contributed by atoms with Gasteiger partial charge in [-0.3, -0.25) is 9.59 Å². The minimum atomic E-state index is -0.829. The molecule has 1 spiro atoms. The molecule has 0 saturated heterocycles. The second-order valence-electron chi connectivity index (χ2n) is 12.6. The van der Waals surface area contributed by atoms with E-state index in [1.165, 1.54) is 11.1 Å². The quantitative estimate of drug-likeness (QED) is 0.280. The van der Waals surface area contributed by atoms with Crippen molar-refractivity contribution in [3.8, 4) is 5.75 Å². The highest BCUT2D eigenvalue weighted by atomic mass is 35.5. The Bertz CT molecular complexity index is 1300. The molecule has 5 unspecified atom stereocenters. The molecule has 1 fully saturated rings. The number of carbonyl (C=O) groups excluding carboxylic acids is 1. The first-order valence-electron chi connectivity index (χ1n) is 15.7. The van der Waals surface area contributed by atoms with E-state index in [0.717, 1.165) is 87.2 Å². The molecule has 5 rings (SSSR count). The zero-order valence-corrected chi connectivity index (χ0v) is 27.5. The maximum Gasteiger partial charge on any atom is 0.306 e. The fraction of sp³-hybridized carbons (Fsp3) is 0.588. The third kappa shape index (κ3) is 7.81. The average Bonchev–Trinajstić information content (AvgIpc) is 3.13. The van der Waals surface area contributed by atoms with Crippen molar-refractivity contribution < 1.29 is 23.6 Å². The zero-order chi connectivity index (χ0) is 31.1. The second-order valence-corrected chi connectivity index (χ2v) is 15.0. The number of nitrogens with zero attached hydrogens (tertiary/aromatic N) is 1. The first-order chi connectivity index (χ1) is 20.6. The van der Waals surface area contributed by atoms with Crippen LogP contribution < -0.4 is 14.4 Å². The summed E-state index contributed by atoms with van der Waals surface area (Å²) in [5.74, 6) is 0.383. The molecule has 5 atom stereocenters. The normalized spacial score (nSPS) is 23.9. The van der Waals surface area contributed by atoms with Crippen LogP contribution in [0.3, 0.4) is 0 Å². The van der Waals surface area contributed by atoms with E-state index in [1.807, 2.05) is 38.1 Å². The number of aryl methyl sites for hydroxylation is 1. The van der Waals surface area contributed by atoms with Crippen molar-refractivity contribution in [3.63, 3.8) is 0 Å². The van der Waals surface area contributed by atoms with Crippen LogP contribution in [0.2, 0.25) is 5.02 Å². The van der Waals surface area contributed by atoms with E-state index in [-0.39, 0.29) is 22.5 Å². The first kappa shape index (κ1) is 33.5. The largest absolute Gasteiger partial charge is 0.490 e. The summed E-state index contributed by atoms with van der Waals surface area (Å²) in [7, 11) is 0.862. The molecule has 43 heavy (non-hydrogen) atoms. The Morgan fingerprint density at radius 1 is 1.26 bits per heavy atom. The van der Waals surface area contributed by atoms with Crippen molar-refractivity contribution in [1.29, 1.82) is 0 Å². The summed E-state index contributed by atoms with van der Waals surface area (Å²) in [6, 6.07) is 11.9. The number of hydrogen-bond donors (Lipinski definition) is 2. The third-order valence-electron chi connectivity index (χ3n) is 9.46. The van der Waals surface area contributed by atoms with E-state index < -0.39 is 17.0 Å². The number of aliphatic carboxylic acids is 1. The van der Waals surface area contributed by atoms with Crippen LogP contribution in [0.25, 0.3) is 0 Å². The van der Waals surface area contributed by atoms with E-state index in [0.29, 0.717) is 18.1 Å². The van der Waals surface area contributed by atoms with Crippen molar-refractivity contribution in [2.75, 3.05) is 31.6 Å². The molecule has 1 aliphatic heterocycles. The fourth-order valence-electron chi connectivity index (χ4n) is 7.02. The summed E-state index contributed by atoms with van der Waals surface area (Å²) in [6.45, 7) is 8.08. The molecule has 2 N–H and O–H groups in total. The summed E-state index contributed by atoms with van der Waals surface area (Å²) in [4.78, 5) is 26.2. The van der Waals surface area contributed by atoms with Gasteiger partial charge in [0.2, 0.25) is 0 Å². The maximum atomic E-state index is 12.1. The highest BCUT2D eigenvalue weighted by Crippen LogP contribution is 2.47. The molecule has 0 aromatic heterocycles. The Morgan fingerprint density at radius 2 is 2.05 bits per heavy atom.